The molecule has 0 radical (unpaired) electrons. The smallest absolute Gasteiger partial charge is 0.416 e. The van der Waals surface area contributed by atoms with E-state index in [4.69, 9.17) is 9.94 Å². The number of halogens is 4. The van der Waals surface area contributed by atoms with Gasteiger partial charge in [0.2, 0.25) is 0 Å². The maximum Gasteiger partial charge on any atom is 0.416 e. The fraction of sp³-hybridized carbons (Fsp3) is 0.300. The first kappa shape index (κ1) is 28.2. The van der Waals surface area contributed by atoms with Gasteiger partial charge in [-0.2, -0.15) is 13.2 Å². The minimum Gasteiger partial charge on any atom is -0.461 e. The number of ether oxygens (including phenoxy) is 1. The van der Waals surface area contributed by atoms with Crippen LogP contribution in [0.15, 0.2) is 54.6 Å². The quantitative estimate of drug-likeness (QED) is 0.217. The van der Waals surface area contributed by atoms with Gasteiger partial charge in [0.25, 0.3) is 0 Å². The third kappa shape index (κ3) is 11.8. The van der Waals surface area contributed by atoms with Gasteiger partial charge in [0.15, 0.2) is 0 Å². The summed E-state index contributed by atoms with van der Waals surface area (Å²) in [6.07, 6.45) is -3.88. The minimum atomic E-state index is -4.34. The van der Waals surface area contributed by atoms with Gasteiger partial charge in [0, 0.05) is 12.6 Å². The Balaban J connectivity index is 0.00000135. The van der Waals surface area contributed by atoms with Crippen LogP contribution in [0.25, 0.3) is 0 Å². The molecule has 1 unspecified atom stereocenters. The molecular weight excluding hydrogens is 439 g/mol. The number of nitrogens with two attached hydrogens (primary N) is 1. The van der Waals surface area contributed by atoms with E-state index in [9.17, 15) is 22.8 Å². The Morgan fingerprint density at radius 3 is 2.29 bits per heavy atom. The number of hydrogen-bond donors (Lipinski definition) is 4. The number of alkyl halides is 3. The summed E-state index contributed by atoms with van der Waals surface area (Å²) in [5.41, 5.74) is 5.91. The van der Waals surface area contributed by atoms with Crippen LogP contribution >= 0.6 is 12.4 Å². The van der Waals surface area contributed by atoms with Gasteiger partial charge in [-0.15, -0.1) is 12.4 Å². The Hall–Kier alpha value is -2.82. The van der Waals surface area contributed by atoms with Crippen molar-refractivity contribution < 1.29 is 32.7 Å². The summed E-state index contributed by atoms with van der Waals surface area (Å²) in [4.78, 5) is 21.0. The summed E-state index contributed by atoms with van der Waals surface area (Å²) >= 11 is 0. The first-order chi connectivity index (χ1) is 14.1. The fourth-order valence-electron chi connectivity index (χ4n) is 2.41. The van der Waals surface area contributed by atoms with E-state index >= 15 is 0 Å². The number of primary amides is 1. The topological polar surface area (TPSA) is 114 Å². The van der Waals surface area contributed by atoms with E-state index < -0.39 is 23.7 Å². The number of urea groups is 1. The molecule has 0 spiro atoms. The molecule has 5 N–H and O–H groups in total. The van der Waals surface area contributed by atoms with Gasteiger partial charge >= 0.3 is 18.2 Å². The van der Waals surface area contributed by atoms with Crippen LogP contribution in [0.3, 0.4) is 0 Å². The monoisotopic (exact) mass is 463 g/mol. The summed E-state index contributed by atoms with van der Waals surface area (Å²) in [5, 5.41) is 10.6. The summed E-state index contributed by atoms with van der Waals surface area (Å²) in [6, 6.07) is 13.0. The lowest BCUT2D eigenvalue weighted by Gasteiger charge is -2.15. The molecule has 31 heavy (non-hydrogen) atoms. The molecule has 0 fully saturated rings. The second kappa shape index (κ2) is 14.2. The van der Waals surface area contributed by atoms with Crippen molar-refractivity contribution in [2.75, 3.05) is 13.2 Å². The summed E-state index contributed by atoms with van der Waals surface area (Å²) in [5.74, 6) is -0.395. The van der Waals surface area contributed by atoms with Crippen LogP contribution in [-0.4, -0.2) is 36.4 Å². The molecule has 0 aliphatic rings. The van der Waals surface area contributed by atoms with Gasteiger partial charge in [0.1, 0.15) is 6.61 Å². The molecule has 0 aliphatic carbocycles. The number of benzene rings is 2. The number of nitrogens with one attached hydrogen (secondary N) is 2. The van der Waals surface area contributed by atoms with E-state index in [0.717, 1.165) is 12.1 Å². The third-order valence-electron chi connectivity index (χ3n) is 3.74. The Morgan fingerprint density at radius 1 is 1.13 bits per heavy atom. The van der Waals surface area contributed by atoms with Crippen molar-refractivity contribution in [3.8, 4) is 0 Å². The highest BCUT2D eigenvalue weighted by Gasteiger charge is 2.30. The van der Waals surface area contributed by atoms with Gasteiger partial charge in [0.05, 0.1) is 11.1 Å². The zero-order valence-electron chi connectivity index (χ0n) is 16.7. The molecule has 0 aromatic heterocycles. The molecule has 2 aromatic rings. The molecule has 11 heteroatoms. The molecular formula is C20H25ClF3N3O4. The Labute approximate surface area is 184 Å². The lowest BCUT2D eigenvalue weighted by Crippen LogP contribution is -2.31. The molecule has 0 bridgehead atoms. The molecule has 1 atom stereocenters. The average molecular weight is 464 g/mol. The van der Waals surface area contributed by atoms with Crippen LogP contribution in [0.1, 0.15) is 28.4 Å². The number of hydroxylamine groups is 1. The number of hydrogen-bond acceptors (Lipinski definition) is 5. The molecule has 2 rings (SSSR count). The largest absolute Gasteiger partial charge is 0.461 e. The zero-order valence-corrected chi connectivity index (χ0v) is 17.5. The molecule has 0 aliphatic heterocycles. The summed E-state index contributed by atoms with van der Waals surface area (Å²) in [7, 11) is 0. The standard InChI is InChI=1S/C19H20F3NO2.CH4N2O2.ClH/c1-14(12-15-6-5-9-17(13-15)19(20,21)22)23-10-11-25-18(24)16-7-3-2-4-8-16;2-1(4)3-5;/h2-9,13-14,23H,10-12H2,1H3;5H,(H3,2,3,4);1H. The highest BCUT2D eigenvalue weighted by molar-refractivity contribution is 5.89. The van der Waals surface area contributed by atoms with Crippen LogP contribution in [-0.2, 0) is 17.3 Å². The zero-order chi connectivity index (χ0) is 22.6. The molecule has 172 valence electrons. The normalized spacial score (nSPS) is 11.3. The Bertz CT molecular complexity index is 808. The van der Waals surface area contributed by atoms with Crippen molar-refractivity contribution in [2.24, 2.45) is 5.73 Å². The highest BCUT2D eigenvalue weighted by Crippen LogP contribution is 2.29. The first-order valence-electron chi connectivity index (χ1n) is 8.94. The van der Waals surface area contributed by atoms with E-state index in [1.165, 1.54) is 11.5 Å². The SMILES string of the molecule is CC(Cc1cccc(C(F)(F)F)c1)NCCOC(=O)c1ccccc1.Cl.NC(=O)NO. The lowest BCUT2D eigenvalue weighted by molar-refractivity contribution is -0.137. The Morgan fingerprint density at radius 2 is 1.74 bits per heavy atom. The van der Waals surface area contributed by atoms with E-state index in [2.05, 4.69) is 11.1 Å². The van der Waals surface area contributed by atoms with E-state index in [-0.39, 0.29) is 25.1 Å². The van der Waals surface area contributed by atoms with Crippen LogP contribution in [0.4, 0.5) is 18.0 Å². The van der Waals surface area contributed by atoms with Crippen molar-refractivity contribution in [2.45, 2.75) is 25.6 Å². The van der Waals surface area contributed by atoms with Crippen LogP contribution in [0, 0.1) is 0 Å². The van der Waals surface area contributed by atoms with Crippen LogP contribution in [0.5, 0.6) is 0 Å². The fourth-order valence-corrected chi connectivity index (χ4v) is 2.41. The molecule has 0 heterocycles. The number of carbonyl (C=O) groups excluding carboxylic acids is 2. The number of carbonyl (C=O) groups is 2. The second-order valence-corrected chi connectivity index (χ2v) is 6.24. The average Bonchev–Trinajstić information content (AvgIpc) is 2.71. The predicted molar refractivity (Wildman–Crippen MR) is 111 cm³/mol. The van der Waals surface area contributed by atoms with Gasteiger partial charge in [-0.1, -0.05) is 36.4 Å². The molecule has 2 aromatic carbocycles. The number of amides is 2. The Kier molecular flexibility index (Phi) is 12.9. The molecule has 2 amide bonds. The van der Waals surface area contributed by atoms with Crippen LogP contribution < -0.4 is 16.5 Å². The number of esters is 1. The van der Waals surface area contributed by atoms with E-state index in [1.807, 2.05) is 13.0 Å². The predicted octanol–water partition coefficient (Wildman–Crippen LogP) is 3.55. The van der Waals surface area contributed by atoms with Gasteiger partial charge in [-0.25, -0.2) is 15.1 Å². The van der Waals surface area contributed by atoms with Gasteiger partial charge in [-0.05, 0) is 37.1 Å². The first-order valence-corrected chi connectivity index (χ1v) is 8.94. The van der Waals surface area contributed by atoms with Crippen molar-refractivity contribution in [3.63, 3.8) is 0 Å². The third-order valence-corrected chi connectivity index (χ3v) is 3.74. The van der Waals surface area contributed by atoms with Gasteiger partial charge < -0.3 is 15.8 Å². The molecule has 0 saturated carbocycles. The maximum absolute atomic E-state index is 12.7. The van der Waals surface area contributed by atoms with Crippen molar-refractivity contribution in [3.05, 3.63) is 71.3 Å². The minimum absolute atomic E-state index is 0. The van der Waals surface area contributed by atoms with Crippen molar-refractivity contribution in [1.29, 1.82) is 0 Å². The second-order valence-electron chi connectivity index (χ2n) is 6.24. The van der Waals surface area contributed by atoms with E-state index in [0.29, 0.717) is 24.1 Å². The number of rotatable bonds is 7. The van der Waals surface area contributed by atoms with Crippen LogP contribution in [0.2, 0.25) is 0 Å². The summed E-state index contributed by atoms with van der Waals surface area (Å²) < 4.78 is 43.3. The van der Waals surface area contributed by atoms with Crippen molar-refractivity contribution >= 4 is 24.4 Å². The highest BCUT2D eigenvalue weighted by atomic mass is 35.5. The van der Waals surface area contributed by atoms with E-state index in [1.54, 1.807) is 30.3 Å². The maximum atomic E-state index is 12.7. The molecule has 0 saturated heterocycles. The molecule has 7 nitrogen and oxygen atoms in total. The lowest BCUT2D eigenvalue weighted by atomic mass is 10.0. The van der Waals surface area contributed by atoms with Gasteiger partial charge in [-0.3, -0.25) is 5.21 Å². The van der Waals surface area contributed by atoms with Crippen molar-refractivity contribution in [1.82, 2.24) is 10.8 Å². The summed E-state index contributed by atoms with van der Waals surface area (Å²) in [6.45, 7) is 2.50.